The van der Waals surface area contributed by atoms with Crippen molar-refractivity contribution in [2.45, 2.75) is 4.90 Å². The van der Waals surface area contributed by atoms with Crippen molar-refractivity contribution in [3.05, 3.63) is 53.6 Å². The van der Waals surface area contributed by atoms with Crippen LogP contribution in [0.5, 0.6) is 11.5 Å². The van der Waals surface area contributed by atoms with E-state index in [1.165, 1.54) is 26.5 Å². The van der Waals surface area contributed by atoms with Gasteiger partial charge in [-0.3, -0.25) is 0 Å². The van der Waals surface area contributed by atoms with E-state index < -0.39 is 20.7 Å². The van der Waals surface area contributed by atoms with Gasteiger partial charge in [0.1, 0.15) is 11.5 Å². The molecule has 3 rings (SSSR count). The number of rotatable bonds is 4. The first-order valence-corrected chi connectivity index (χ1v) is 9.07. The van der Waals surface area contributed by atoms with Crippen molar-refractivity contribution in [2.24, 2.45) is 0 Å². The number of ether oxygens (including phenoxy) is 3. The third-order valence-corrected chi connectivity index (χ3v) is 5.73. The summed E-state index contributed by atoms with van der Waals surface area (Å²) in [6.45, 7) is 0. The molecule has 0 saturated heterocycles. The maximum absolute atomic E-state index is 12.8. The SMILES string of the molecule is COC(=O)C1=CN(c2cc(OC)cc(OC)c2)c2ccccc2S1(=O)=O. The molecule has 0 radical (unpaired) electrons. The Morgan fingerprint density at radius 1 is 0.962 bits per heavy atom. The number of benzene rings is 2. The summed E-state index contributed by atoms with van der Waals surface area (Å²) < 4.78 is 40.8. The lowest BCUT2D eigenvalue weighted by Gasteiger charge is -2.28. The Balaban J connectivity index is 2.28. The number of para-hydroxylation sites is 1. The molecule has 0 unspecified atom stereocenters. The lowest BCUT2D eigenvalue weighted by atomic mass is 10.2. The van der Waals surface area contributed by atoms with Crippen molar-refractivity contribution in [1.82, 2.24) is 0 Å². The van der Waals surface area contributed by atoms with Crippen LogP contribution in [0.15, 0.2) is 58.5 Å². The highest BCUT2D eigenvalue weighted by Gasteiger charge is 2.36. The molecule has 0 fully saturated rings. The molecule has 0 spiro atoms. The number of methoxy groups -OCH3 is 3. The topological polar surface area (TPSA) is 82.1 Å². The predicted octanol–water partition coefficient (Wildman–Crippen LogP) is 2.64. The lowest BCUT2D eigenvalue weighted by Crippen LogP contribution is -2.26. The van der Waals surface area contributed by atoms with Gasteiger partial charge >= 0.3 is 5.97 Å². The van der Waals surface area contributed by atoms with Crippen LogP contribution in [-0.2, 0) is 19.4 Å². The maximum Gasteiger partial charge on any atom is 0.351 e. The number of anilines is 2. The van der Waals surface area contributed by atoms with Gasteiger partial charge in [0.05, 0.1) is 37.6 Å². The molecule has 0 saturated carbocycles. The Bertz CT molecular complexity index is 974. The van der Waals surface area contributed by atoms with E-state index in [0.29, 0.717) is 22.9 Å². The second kappa shape index (κ2) is 6.72. The Kier molecular flexibility index (Phi) is 4.60. The van der Waals surface area contributed by atoms with Crippen molar-refractivity contribution in [3.63, 3.8) is 0 Å². The minimum atomic E-state index is -3.98. The van der Waals surface area contributed by atoms with Crippen molar-refractivity contribution < 1.29 is 27.4 Å². The predicted molar refractivity (Wildman–Crippen MR) is 95.4 cm³/mol. The summed E-state index contributed by atoms with van der Waals surface area (Å²) in [7, 11) is 0.186. The molecule has 8 heteroatoms. The molecule has 2 aromatic rings. The first-order valence-electron chi connectivity index (χ1n) is 7.59. The van der Waals surface area contributed by atoms with Gasteiger partial charge in [-0.25, -0.2) is 13.2 Å². The molecule has 0 atom stereocenters. The third-order valence-electron chi connectivity index (χ3n) is 3.95. The van der Waals surface area contributed by atoms with E-state index in [4.69, 9.17) is 9.47 Å². The maximum atomic E-state index is 12.8. The fourth-order valence-electron chi connectivity index (χ4n) is 2.67. The van der Waals surface area contributed by atoms with E-state index in [1.54, 1.807) is 41.3 Å². The van der Waals surface area contributed by atoms with Gasteiger partial charge in [0.25, 0.3) is 0 Å². The fourth-order valence-corrected chi connectivity index (χ4v) is 4.15. The van der Waals surface area contributed by atoms with Crippen LogP contribution < -0.4 is 14.4 Å². The van der Waals surface area contributed by atoms with Gasteiger partial charge < -0.3 is 19.1 Å². The van der Waals surface area contributed by atoms with Crippen LogP contribution in [0.4, 0.5) is 11.4 Å². The summed E-state index contributed by atoms with van der Waals surface area (Å²) in [5, 5.41) is 0. The molecule has 0 N–H and O–H groups in total. The highest BCUT2D eigenvalue weighted by molar-refractivity contribution is 7.96. The van der Waals surface area contributed by atoms with E-state index in [9.17, 15) is 13.2 Å². The molecule has 1 aliphatic heterocycles. The minimum Gasteiger partial charge on any atom is -0.497 e. The Hall–Kier alpha value is -3.00. The van der Waals surface area contributed by atoms with Crippen molar-refractivity contribution in [1.29, 1.82) is 0 Å². The van der Waals surface area contributed by atoms with Gasteiger partial charge in [0, 0.05) is 24.4 Å². The molecule has 0 bridgehead atoms. The van der Waals surface area contributed by atoms with Crippen LogP contribution in [0, 0.1) is 0 Å². The Labute approximate surface area is 151 Å². The van der Waals surface area contributed by atoms with Crippen LogP contribution in [0.1, 0.15) is 0 Å². The van der Waals surface area contributed by atoms with Crippen molar-refractivity contribution in [2.75, 3.05) is 26.2 Å². The monoisotopic (exact) mass is 375 g/mol. The van der Waals surface area contributed by atoms with E-state index in [-0.39, 0.29) is 4.90 Å². The molecule has 1 aliphatic rings. The fraction of sp³-hybridized carbons (Fsp3) is 0.167. The number of esters is 1. The Morgan fingerprint density at radius 3 is 2.15 bits per heavy atom. The zero-order valence-electron chi connectivity index (χ0n) is 14.4. The normalized spacial score (nSPS) is 14.9. The summed E-state index contributed by atoms with van der Waals surface area (Å²) in [5.74, 6) is 0.121. The summed E-state index contributed by atoms with van der Waals surface area (Å²) >= 11 is 0. The number of fused-ring (bicyclic) bond motifs is 1. The number of carbonyl (C=O) groups is 1. The average Bonchev–Trinajstić information content (AvgIpc) is 2.67. The van der Waals surface area contributed by atoms with E-state index in [1.807, 2.05) is 0 Å². The van der Waals surface area contributed by atoms with Gasteiger partial charge in [0.2, 0.25) is 9.84 Å². The van der Waals surface area contributed by atoms with Gasteiger partial charge in [-0.1, -0.05) is 12.1 Å². The summed E-state index contributed by atoms with van der Waals surface area (Å²) in [5.41, 5.74) is 0.986. The van der Waals surface area contributed by atoms with Crippen LogP contribution in [0.3, 0.4) is 0 Å². The highest BCUT2D eigenvalue weighted by atomic mass is 32.2. The van der Waals surface area contributed by atoms with Gasteiger partial charge in [-0.2, -0.15) is 0 Å². The number of hydrogen-bond donors (Lipinski definition) is 0. The Morgan fingerprint density at radius 2 is 1.58 bits per heavy atom. The summed E-state index contributed by atoms with van der Waals surface area (Å²) in [6.07, 6.45) is 1.25. The lowest BCUT2D eigenvalue weighted by molar-refractivity contribution is -0.135. The molecule has 0 aliphatic carbocycles. The van der Waals surface area contributed by atoms with Crippen LogP contribution >= 0.6 is 0 Å². The quantitative estimate of drug-likeness (QED) is 0.760. The summed E-state index contributed by atoms with van der Waals surface area (Å²) in [4.78, 5) is 13.2. The molecule has 136 valence electrons. The van der Waals surface area contributed by atoms with Crippen LogP contribution in [-0.4, -0.2) is 35.7 Å². The molecule has 26 heavy (non-hydrogen) atoms. The largest absolute Gasteiger partial charge is 0.497 e. The van der Waals surface area contributed by atoms with Gasteiger partial charge in [-0.15, -0.1) is 0 Å². The van der Waals surface area contributed by atoms with Crippen molar-refractivity contribution >= 4 is 27.2 Å². The molecule has 2 aromatic carbocycles. The molecular weight excluding hydrogens is 358 g/mol. The van der Waals surface area contributed by atoms with E-state index in [2.05, 4.69) is 4.74 Å². The molecule has 0 aromatic heterocycles. The standard InChI is InChI=1S/C18H17NO6S/c1-23-13-8-12(9-14(10-13)24-2)19-11-17(18(20)25-3)26(21,22)16-7-5-4-6-15(16)19/h4-11H,1-3H3. The van der Waals surface area contributed by atoms with E-state index in [0.717, 1.165) is 7.11 Å². The van der Waals surface area contributed by atoms with Crippen LogP contribution in [0.2, 0.25) is 0 Å². The van der Waals surface area contributed by atoms with E-state index >= 15 is 0 Å². The number of hydrogen-bond acceptors (Lipinski definition) is 7. The molecule has 7 nitrogen and oxygen atoms in total. The second-order valence-corrected chi connectivity index (χ2v) is 7.28. The highest BCUT2D eigenvalue weighted by Crippen LogP contribution is 2.41. The molecule has 1 heterocycles. The number of nitrogens with zero attached hydrogens (tertiary/aromatic N) is 1. The smallest absolute Gasteiger partial charge is 0.351 e. The first kappa shape index (κ1) is 17.8. The molecule has 0 amide bonds. The third kappa shape index (κ3) is 2.88. The number of sulfone groups is 1. The molecular formula is C18H17NO6S. The first-order chi connectivity index (χ1) is 12.4. The van der Waals surface area contributed by atoms with Crippen LogP contribution in [0.25, 0.3) is 0 Å². The van der Waals surface area contributed by atoms with Crippen molar-refractivity contribution in [3.8, 4) is 11.5 Å². The summed E-state index contributed by atoms with van der Waals surface area (Å²) in [6, 6.07) is 11.5. The van der Waals surface area contributed by atoms with Gasteiger partial charge in [-0.05, 0) is 12.1 Å². The zero-order valence-corrected chi connectivity index (χ0v) is 15.2. The zero-order chi connectivity index (χ0) is 18.9. The minimum absolute atomic E-state index is 0.0182. The van der Waals surface area contributed by atoms with Gasteiger partial charge in [0.15, 0.2) is 4.91 Å². The number of carbonyl (C=O) groups excluding carboxylic acids is 1. The average molecular weight is 375 g/mol. The second-order valence-electron chi connectivity index (χ2n) is 5.40.